The van der Waals surface area contributed by atoms with Crippen molar-refractivity contribution in [3.8, 4) is 0 Å². The lowest BCUT2D eigenvalue weighted by molar-refractivity contribution is 0.0872. The van der Waals surface area contributed by atoms with Crippen molar-refractivity contribution < 1.29 is 14.6 Å². The van der Waals surface area contributed by atoms with E-state index in [4.69, 9.17) is 9.72 Å². The minimum atomic E-state index is -1.19. The van der Waals surface area contributed by atoms with Crippen LogP contribution in [-0.2, 0) is 24.3 Å². The highest BCUT2D eigenvalue weighted by atomic mass is 79.9. The van der Waals surface area contributed by atoms with E-state index in [-0.39, 0.29) is 6.04 Å². The van der Waals surface area contributed by atoms with Crippen LogP contribution in [0.15, 0.2) is 47.1 Å². The number of carboxylic acid groups (broad SMARTS) is 1. The third kappa shape index (κ3) is 7.15. The molecule has 3 aromatic rings. The molecule has 1 aromatic carbocycles. The molecule has 1 atom stereocenters. The van der Waals surface area contributed by atoms with Crippen molar-refractivity contribution in [2.75, 3.05) is 6.61 Å². The number of imidazole rings is 1. The van der Waals surface area contributed by atoms with Crippen molar-refractivity contribution in [2.45, 2.75) is 51.3 Å². The fraction of sp³-hybridized carbons (Fsp3) is 0.409. The van der Waals surface area contributed by atoms with Gasteiger partial charge in [0, 0.05) is 37.8 Å². The molecule has 1 amide bonds. The van der Waals surface area contributed by atoms with Crippen LogP contribution >= 0.6 is 15.9 Å². The van der Waals surface area contributed by atoms with Gasteiger partial charge in [0.05, 0.1) is 0 Å². The van der Waals surface area contributed by atoms with Crippen molar-refractivity contribution >= 4 is 41.3 Å². The summed E-state index contributed by atoms with van der Waals surface area (Å²) >= 11 is 3.45. The normalized spacial score (nSPS) is 12.8. The van der Waals surface area contributed by atoms with Crippen molar-refractivity contribution in [3.05, 3.63) is 58.5 Å². The number of rotatable bonds is 10. The molecule has 2 N–H and O–H groups in total. The molecule has 0 aliphatic rings. The summed E-state index contributed by atoms with van der Waals surface area (Å²) in [6, 6.07) is 12.5. The number of benzene rings is 1. The second-order valence-corrected chi connectivity index (χ2v) is 15.4. The van der Waals surface area contributed by atoms with E-state index < -0.39 is 14.2 Å². The Labute approximate surface area is 192 Å². The number of fused-ring (bicyclic) bond motifs is 1. The molecule has 31 heavy (non-hydrogen) atoms. The number of halogens is 1. The van der Waals surface area contributed by atoms with Crippen LogP contribution in [-0.4, -0.2) is 46.5 Å². The zero-order valence-electron chi connectivity index (χ0n) is 18.1. The Morgan fingerprint density at radius 1 is 1.26 bits per heavy atom. The van der Waals surface area contributed by atoms with Crippen molar-refractivity contribution in [3.63, 3.8) is 0 Å². The fourth-order valence-corrected chi connectivity index (χ4v) is 4.40. The van der Waals surface area contributed by atoms with Crippen LogP contribution in [0.5, 0.6) is 0 Å². The van der Waals surface area contributed by atoms with Crippen molar-refractivity contribution in [2.24, 2.45) is 0 Å². The van der Waals surface area contributed by atoms with Crippen molar-refractivity contribution in [1.82, 2.24) is 19.9 Å². The van der Waals surface area contributed by atoms with Crippen LogP contribution in [0.2, 0.25) is 25.7 Å². The number of aromatic nitrogens is 3. The molecule has 2 aromatic heterocycles. The highest BCUT2D eigenvalue weighted by molar-refractivity contribution is 9.10. The fourth-order valence-electron chi connectivity index (χ4n) is 3.33. The number of amides is 1. The number of carbonyl (C=O) groups is 1. The van der Waals surface area contributed by atoms with Gasteiger partial charge in [0.2, 0.25) is 0 Å². The van der Waals surface area contributed by atoms with Gasteiger partial charge in [-0.05, 0) is 40.0 Å². The zero-order valence-corrected chi connectivity index (χ0v) is 20.7. The van der Waals surface area contributed by atoms with Crippen LogP contribution < -0.4 is 5.32 Å². The standard InChI is InChI=1S/C22H29BrN4O3Si/c1-31(2,3)10-9-30-15-27-20(26-19-12-17(23)14-24-21(19)27)13-18(25-22(28)29)11-16-7-5-4-6-8-16/h4-8,12,14,18,25H,9-11,13,15H2,1-3H3,(H,28,29). The minimum absolute atomic E-state index is 0.319. The molecule has 0 radical (unpaired) electrons. The van der Waals surface area contributed by atoms with Gasteiger partial charge in [-0.25, -0.2) is 14.8 Å². The highest BCUT2D eigenvalue weighted by Crippen LogP contribution is 2.20. The molecule has 0 saturated heterocycles. The topological polar surface area (TPSA) is 89.3 Å². The molecule has 0 aliphatic carbocycles. The van der Waals surface area contributed by atoms with E-state index in [1.807, 2.05) is 41.0 Å². The predicted molar refractivity (Wildman–Crippen MR) is 128 cm³/mol. The molecule has 7 nitrogen and oxygen atoms in total. The van der Waals surface area contributed by atoms with Gasteiger partial charge in [-0.15, -0.1) is 0 Å². The first-order valence-corrected chi connectivity index (χ1v) is 14.8. The second-order valence-electron chi connectivity index (χ2n) is 8.84. The molecule has 0 aliphatic heterocycles. The molecule has 1 unspecified atom stereocenters. The molecule has 9 heteroatoms. The van der Waals surface area contributed by atoms with Gasteiger partial charge in [0.25, 0.3) is 0 Å². The number of ether oxygens (including phenoxy) is 1. The van der Waals surface area contributed by atoms with Gasteiger partial charge >= 0.3 is 6.09 Å². The van der Waals surface area contributed by atoms with E-state index in [9.17, 15) is 9.90 Å². The summed E-state index contributed by atoms with van der Waals surface area (Å²) in [6.07, 6.45) is 1.70. The van der Waals surface area contributed by atoms with E-state index >= 15 is 0 Å². The van der Waals surface area contributed by atoms with Gasteiger partial charge in [-0.2, -0.15) is 0 Å². The predicted octanol–water partition coefficient (Wildman–Crippen LogP) is 4.93. The monoisotopic (exact) mass is 504 g/mol. The maximum atomic E-state index is 11.4. The van der Waals surface area contributed by atoms with Crippen LogP contribution in [0.1, 0.15) is 11.4 Å². The first-order chi connectivity index (χ1) is 14.7. The van der Waals surface area contributed by atoms with Crippen LogP contribution in [0.25, 0.3) is 11.2 Å². The third-order valence-corrected chi connectivity index (χ3v) is 7.07. The molecule has 2 heterocycles. The Hall–Kier alpha value is -2.23. The third-order valence-electron chi connectivity index (χ3n) is 4.93. The summed E-state index contributed by atoms with van der Waals surface area (Å²) in [7, 11) is -1.19. The van der Waals surface area contributed by atoms with Gasteiger partial charge in [-0.3, -0.25) is 4.57 Å². The maximum Gasteiger partial charge on any atom is 0.404 e. The Morgan fingerprint density at radius 3 is 2.68 bits per heavy atom. The lowest BCUT2D eigenvalue weighted by atomic mass is 10.0. The first kappa shape index (κ1) is 23.4. The molecule has 0 bridgehead atoms. The van der Waals surface area contributed by atoms with Crippen molar-refractivity contribution in [1.29, 1.82) is 0 Å². The summed E-state index contributed by atoms with van der Waals surface area (Å²) in [5.41, 5.74) is 2.56. The number of nitrogens with zero attached hydrogens (tertiary/aromatic N) is 3. The first-order valence-electron chi connectivity index (χ1n) is 10.3. The quantitative estimate of drug-likeness (QED) is 0.301. The lowest BCUT2D eigenvalue weighted by Crippen LogP contribution is -2.37. The Morgan fingerprint density at radius 2 is 2.00 bits per heavy atom. The summed E-state index contributed by atoms with van der Waals surface area (Å²) in [5, 5.41) is 12.0. The number of hydrogen-bond acceptors (Lipinski definition) is 4. The average Bonchev–Trinajstić information content (AvgIpc) is 3.00. The lowest BCUT2D eigenvalue weighted by Gasteiger charge is -2.19. The van der Waals surface area contributed by atoms with Gasteiger partial charge in [0.15, 0.2) is 5.65 Å². The summed E-state index contributed by atoms with van der Waals surface area (Å²) in [6.45, 7) is 7.99. The molecule has 0 fully saturated rings. The number of pyridine rings is 1. The van der Waals surface area contributed by atoms with Gasteiger partial charge < -0.3 is 15.2 Å². The Kier molecular flexibility index (Phi) is 7.85. The highest BCUT2D eigenvalue weighted by Gasteiger charge is 2.20. The molecular formula is C22H29BrN4O3Si. The smallest absolute Gasteiger partial charge is 0.404 e. The zero-order chi connectivity index (χ0) is 22.4. The largest absolute Gasteiger partial charge is 0.465 e. The summed E-state index contributed by atoms with van der Waals surface area (Å²) in [5.74, 6) is 0.753. The molecule has 166 valence electrons. The Balaban J connectivity index is 1.84. The van der Waals surface area contributed by atoms with E-state index in [0.29, 0.717) is 26.2 Å². The van der Waals surface area contributed by atoms with E-state index in [1.54, 1.807) is 6.20 Å². The minimum Gasteiger partial charge on any atom is -0.465 e. The Bertz CT molecular complexity index is 1020. The average molecular weight is 505 g/mol. The molecular weight excluding hydrogens is 476 g/mol. The summed E-state index contributed by atoms with van der Waals surface area (Å²) < 4.78 is 8.78. The van der Waals surface area contributed by atoms with E-state index in [0.717, 1.165) is 33.1 Å². The SMILES string of the molecule is C[Si](C)(C)CCOCn1c(CC(Cc2ccccc2)NC(=O)O)nc2cc(Br)cnc21. The van der Waals surface area contributed by atoms with Crippen LogP contribution in [0, 0.1) is 0 Å². The summed E-state index contributed by atoms with van der Waals surface area (Å²) in [4.78, 5) is 20.7. The molecule has 0 spiro atoms. The second kappa shape index (κ2) is 10.4. The van der Waals surface area contributed by atoms with Crippen LogP contribution in [0.3, 0.4) is 0 Å². The maximum absolute atomic E-state index is 11.4. The number of nitrogens with one attached hydrogen (secondary N) is 1. The molecule has 3 rings (SSSR count). The van der Waals surface area contributed by atoms with Gasteiger partial charge in [-0.1, -0.05) is 50.0 Å². The molecule has 0 saturated carbocycles. The van der Waals surface area contributed by atoms with Crippen LogP contribution in [0.4, 0.5) is 4.79 Å². The van der Waals surface area contributed by atoms with E-state index in [1.165, 1.54) is 0 Å². The van der Waals surface area contributed by atoms with Gasteiger partial charge in [0.1, 0.15) is 18.1 Å². The number of hydrogen-bond donors (Lipinski definition) is 2. The van der Waals surface area contributed by atoms with E-state index in [2.05, 4.69) is 45.9 Å².